The zero-order valence-electron chi connectivity index (χ0n) is 16.6. The van der Waals surface area contributed by atoms with Crippen molar-refractivity contribution in [3.63, 3.8) is 0 Å². The van der Waals surface area contributed by atoms with Gasteiger partial charge in [0, 0.05) is 51.2 Å². The quantitative estimate of drug-likeness (QED) is 0.794. The molecule has 3 fully saturated rings. The number of hydrogen-bond acceptors (Lipinski definition) is 5. The van der Waals surface area contributed by atoms with Gasteiger partial charge in [-0.25, -0.2) is 4.79 Å². The number of carboxylic acids is 1. The third-order valence-corrected chi connectivity index (χ3v) is 5.73. The number of pyridine rings is 1. The SMILES string of the molecule is O=C(O)C(F)(F)F.O=C([C@H]1C[C@H]2OCC[C@H]2N(Cc2cccnc2)C1)N1CCCC1. The average molecular weight is 429 g/mol. The summed E-state index contributed by atoms with van der Waals surface area (Å²) in [5.74, 6) is -2.33. The van der Waals surface area contributed by atoms with E-state index in [0.29, 0.717) is 11.9 Å². The van der Waals surface area contributed by atoms with Crippen molar-refractivity contribution in [2.45, 2.75) is 50.6 Å². The van der Waals surface area contributed by atoms with Gasteiger partial charge in [-0.05, 0) is 37.3 Å². The first kappa shape index (κ1) is 22.5. The molecule has 3 saturated heterocycles. The number of likely N-dealkylation sites (tertiary alicyclic amines) is 2. The lowest BCUT2D eigenvalue weighted by molar-refractivity contribution is -0.192. The highest BCUT2D eigenvalue weighted by Gasteiger charge is 2.43. The van der Waals surface area contributed by atoms with Crippen molar-refractivity contribution < 1.29 is 32.6 Å². The van der Waals surface area contributed by atoms with E-state index < -0.39 is 12.1 Å². The van der Waals surface area contributed by atoms with Crippen LogP contribution < -0.4 is 0 Å². The fourth-order valence-electron chi connectivity index (χ4n) is 4.34. The summed E-state index contributed by atoms with van der Waals surface area (Å²) in [6, 6.07) is 4.55. The van der Waals surface area contributed by atoms with Crippen LogP contribution in [-0.4, -0.2) is 76.3 Å². The van der Waals surface area contributed by atoms with Gasteiger partial charge in [0.15, 0.2) is 0 Å². The summed E-state index contributed by atoms with van der Waals surface area (Å²) in [5.41, 5.74) is 1.22. The zero-order chi connectivity index (χ0) is 21.7. The van der Waals surface area contributed by atoms with Gasteiger partial charge in [0.2, 0.25) is 5.91 Å². The molecule has 10 heteroatoms. The number of ether oxygens (including phenoxy) is 1. The van der Waals surface area contributed by atoms with E-state index in [2.05, 4.69) is 20.9 Å². The number of fused-ring (bicyclic) bond motifs is 1. The van der Waals surface area contributed by atoms with Crippen molar-refractivity contribution in [1.82, 2.24) is 14.8 Å². The summed E-state index contributed by atoms with van der Waals surface area (Å²) in [7, 11) is 0. The van der Waals surface area contributed by atoms with Crippen LogP contribution in [0.15, 0.2) is 24.5 Å². The van der Waals surface area contributed by atoms with Crippen molar-refractivity contribution in [1.29, 1.82) is 0 Å². The van der Waals surface area contributed by atoms with Crippen molar-refractivity contribution >= 4 is 11.9 Å². The monoisotopic (exact) mass is 429 g/mol. The van der Waals surface area contributed by atoms with Crippen LogP contribution in [0.1, 0.15) is 31.2 Å². The maximum absolute atomic E-state index is 12.8. The molecule has 0 bridgehead atoms. The van der Waals surface area contributed by atoms with Gasteiger partial charge in [-0.2, -0.15) is 13.2 Å². The number of halogens is 3. The maximum Gasteiger partial charge on any atom is 0.490 e. The molecule has 0 aromatic carbocycles. The Morgan fingerprint density at radius 2 is 1.97 bits per heavy atom. The van der Waals surface area contributed by atoms with Crippen LogP contribution in [0.2, 0.25) is 0 Å². The molecule has 4 rings (SSSR count). The summed E-state index contributed by atoms with van der Waals surface area (Å²) in [5, 5.41) is 7.12. The maximum atomic E-state index is 12.8. The molecule has 3 atom stereocenters. The van der Waals surface area contributed by atoms with E-state index in [1.54, 1.807) is 6.20 Å². The Morgan fingerprint density at radius 1 is 1.27 bits per heavy atom. The second-order valence-corrected chi connectivity index (χ2v) is 7.82. The number of amides is 1. The van der Waals surface area contributed by atoms with Crippen molar-refractivity contribution in [2.24, 2.45) is 5.92 Å². The number of rotatable bonds is 3. The Morgan fingerprint density at radius 3 is 2.57 bits per heavy atom. The predicted octanol–water partition coefficient (Wildman–Crippen LogP) is 2.32. The van der Waals surface area contributed by atoms with Gasteiger partial charge >= 0.3 is 12.1 Å². The number of carboxylic acid groups (broad SMARTS) is 1. The molecule has 0 aliphatic carbocycles. The first-order valence-corrected chi connectivity index (χ1v) is 10.1. The number of piperidine rings is 1. The summed E-state index contributed by atoms with van der Waals surface area (Å²) in [6.45, 7) is 4.42. The number of aromatic nitrogens is 1. The topological polar surface area (TPSA) is 83.0 Å². The first-order chi connectivity index (χ1) is 14.3. The van der Waals surface area contributed by atoms with Gasteiger partial charge in [0.05, 0.1) is 12.0 Å². The van der Waals surface area contributed by atoms with Gasteiger partial charge in [0.1, 0.15) is 0 Å². The Balaban J connectivity index is 0.000000318. The third-order valence-electron chi connectivity index (χ3n) is 5.73. The van der Waals surface area contributed by atoms with E-state index in [0.717, 1.165) is 58.5 Å². The molecular formula is C20H26F3N3O4. The van der Waals surface area contributed by atoms with Gasteiger partial charge in [0.25, 0.3) is 0 Å². The fraction of sp³-hybridized carbons (Fsp3) is 0.650. The Bertz CT molecular complexity index is 726. The Kier molecular flexibility index (Phi) is 7.30. The highest BCUT2D eigenvalue weighted by Crippen LogP contribution is 2.33. The van der Waals surface area contributed by atoms with Gasteiger partial charge in [-0.1, -0.05) is 6.07 Å². The van der Waals surface area contributed by atoms with Crippen LogP contribution in [0.25, 0.3) is 0 Å². The molecule has 0 spiro atoms. The molecule has 1 aromatic rings. The molecule has 0 unspecified atom stereocenters. The van der Waals surface area contributed by atoms with Crippen LogP contribution in [0, 0.1) is 5.92 Å². The van der Waals surface area contributed by atoms with Crippen LogP contribution in [0.4, 0.5) is 13.2 Å². The Hall–Kier alpha value is -2.20. The average Bonchev–Trinajstić information content (AvgIpc) is 3.40. The second kappa shape index (κ2) is 9.74. The molecule has 30 heavy (non-hydrogen) atoms. The molecule has 0 radical (unpaired) electrons. The van der Waals surface area contributed by atoms with Crippen molar-refractivity contribution in [3.05, 3.63) is 30.1 Å². The minimum atomic E-state index is -5.08. The van der Waals surface area contributed by atoms with E-state index in [4.69, 9.17) is 14.6 Å². The normalized spacial score (nSPS) is 26.6. The standard InChI is InChI=1S/C18H25N3O2.C2HF3O2/c22-18(20-7-1-2-8-20)15-10-17-16(5-9-23-17)21(13-15)12-14-4-3-6-19-11-14;3-2(4,5)1(6)7/h3-4,6,11,15-17H,1-2,5,7-10,12-13H2;(H,6,7)/t15-,16+,17+;/m0./s1. The van der Waals surface area contributed by atoms with Crippen molar-refractivity contribution in [3.8, 4) is 0 Å². The van der Waals surface area contributed by atoms with E-state index in [-0.39, 0.29) is 12.0 Å². The zero-order valence-corrected chi connectivity index (χ0v) is 16.6. The number of carbonyl (C=O) groups excluding carboxylic acids is 1. The van der Waals surface area contributed by atoms with Gasteiger partial charge in [-0.15, -0.1) is 0 Å². The third kappa shape index (κ3) is 5.69. The van der Waals surface area contributed by atoms with E-state index in [9.17, 15) is 18.0 Å². The fourth-order valence-corrected chi connectivity index (χ4v) is 4.34. The summed E-state index contributed by atoms with van der Waals surface area (Å²) >= 11 is 0. The predicted molar refractivity (Wildman–Crippen MR) is 100 cm³/mol. The molecule has 1 aromatic heterocycles. The second-order valence-electron chi connectivity index (χ2n) is 7.82. The highest BCUT2D eigenvalue weighted by atomic mass is 19.4. The largest absolute Gasteiger partial charge is 0.490 e. The summed E-state index contributed by atoms with van der Waals surface area (Å²) in [4.78, 5) is 30.4. The molecule has 0 saturated carbocycles. The van der Waals surface area contributed by atoms with Gasteiger partial charge in [-0.3, -0.25) is 14.7 Å². The lowest BCUT2D eigenvalue weighted by Crippen LogP contribution is -2.52. The summed E-state index contributed by atoms with van der Waals surface area (Å²) in [6.07, 6.45) is 3.15. The summed E-state index contributed by atoms with van der Waals surface area (Å²) < 4.78 is 37.7. The number of aliphatic carboxylic acids is 1. The van der Waals surface area contributed by atoms with Crippen LogP contribution >= 0.6 is 0 Å². The molecule has 166 valence electrons. The molecular weight excluding hydrogens is 403 g/mol. The number of alkyl halides is 3. The number of hydrogen-bond donors (Lipinski definition) is 1. The van der Waals surface area contributed by atoms with E-state index in [1.807, 2.05) is 12.3 Å². The van der Waals surface area contributed by atoms with E-state index in [1.165, 1.54) is 5.56 Å². The van der Waals surface area contributed by atoms with Crippen LogP contribution in [0.3, 0.4) is 0 Å². The van der Waals surface area contributed by atoms with Crippen LogP contribution in [0.5, 0.6) is 0 Å². The minimum Gasteiger partial charge on any atom is -0.475 e. The lowest BCUT2D eigenvalue weighted by atomic mass is 9.88. The molecule has 1 amide bonds. The molecule has 4 heterocycles. The lowest BCUT2D eigenvalue weighted by Gasteiger charge is -2.41. The number of carbonyl (C=O) groups is 2. The Labute approximate surface area is 172 Å². The molecule has 1 N–H and O–H groups in total. The first-order valence-electron chi connectivity index (χ1n) is 10.1. The van der Waals surface area contributed by atoms with Gasteiger partial charge < -0.3 is 14.7 Å². The highest BCUT2D eigenvalue weighted by molar-refractivity contribution is 5.79. The molecule has 7 nitrogen and oxygen atoms in total. The van der Waals surface area contributed by atoms with Crippen molar-refractivity contribution in [2.75, 3.05) is 26.2 Å². The molecule has 3 aliphatic rings. The molecule has 3 aliphatic heterocycles. The smallest absolute Gasteiger partial charge is 0.475 e. The number of nitrogens with zero attached hydrogens (tertiary/aromatic N) is 3. The van der Waals surface area contributed by atoms with E-state index >= 15 is 0 Å². The minimum absolute atomic E-state index is 0.0871. The van der Waals surface area contributed by atoms with Crippen LogP contribution in [-0.2, 0) is 20.9 Å².